The first kappa shape index (κ1) is 20.9. The molecule has 0 saturated heterocycles. The molecule has 1 atom stereocenters. The molecular weight excluding hydrogens is 298 g/mol. The molecule has 0 aliphatic heterocycles. The summed E-state index contributed by atoms with van der Waals surface area (Å²) in [5, 5.41) is 9.94. The fraction of sp³-hybridized carbons (Fsp3) is 0.611. The summed E-state index contributed by atoms with van der Waals surface area (Å²) >= 11 is 0. The van der Waals surface area contributed by atoms with Crippen LogP contribution in [-0.4, -0.2) is 35.6 Å². The van der Waals surface area contributed by atoms with Crippen molar-refractivity contribution in [3.05, 3.63) is 35.9 Å². The summed E-state index contributed by atoms with van der Waals surface area (Å²) in [7, 11) is 0. The van der Waals surface area contributed by atoms with Gasteiger partial charge in [0.2, 0.25) is 0 Å². The van der Waals surface area contributed by atoms with E-state index in [-0.39, 0.29) is 12.4 Å². The van der Waals surface area contributed by atoms with Crippen LogP contribution in [0.1, 0.15) is 52.0 Å². The summed E-state index contributed by atoms with van der Waals surface area (Å²) in [5.41, 5.74) is 0.193. The first-order valence-electron chi connectivity index (χ1n) is 8.12. The van der Waals surface area contributed by atoms with Gasteiger partial charge in [0.05, 0.1) is 5.41 Å². The molecule has 1 unspecified atom stereocenters. The number of hydrogen-bond donors (Lipinski definition) is 1. The summed E-state index contributed by atoms with van der Waals surface area (Å²) in [6.45, 7) is 9.13. The van der Waals surface area contributed by atoms with Crippen LogP contribution in [0.5, 0.6) is 0 Å². The maximum Gasteiger partial charge on any atom is 0.314 e. The lowest BCUT2D eigenvalue weighted by Crippen LogP contribution is -2.40. The Morgan fingerprint density at radius 1 is 1.09 bits per heavy atom. The zero-order valence-electron chi connectivity index (χ0n) is 14.0. The van der Waals surface area contributed by atoms with Gasteiger partial charge in [0.1, 0.15) is 0 Å². The van der Waals surface area contributed by atoms with E-state index in [1.807, 2.05) is 30.3 Å². The highest BCUT2D eigenvalue weighted by atomic mass is 35.5. The molecular formula is C18H30ClNO2. The van der Waals surface area contributed by atoms with Crippen LogP contribution in [0.15, 0.2) is 30.3 Å². The van der Waals surface area contributed by atoms with Crippen molar-refractivity contribution in [2.24, 2.45) is 0 Å². The standard InChI is InChI=1S/C18H29NO2.ClH/c1-4-7-13-18(17(20)21,14-15-19(5-2)6-3)16-11-9-8-10-12-16;/h8-12H,4-7,13-15H2,1-3H3,(H,20,21);1H. The zero-order valence-corrected chi connectivity index (χ0v) is 14.9. The van der Waals surface area contributed by atoms with Crippen LogP contribution in [-0.2, 0) is 10.2 Å². The van der Waals surface area contributed by atoms with Gasteiger partial charge in [0.15, 0.2) is 0 Å². The van der Waals surface area contributed by atoms with E-state index in [1.54, 1.807) is 0 Å². The lowest BCUT2D eigenvalue weighted by molar-refractivity contribution is -0.144. The third kappa shape index (κ3) is 5.29. The molecule has 0 bridgehead atoms. The van der Waals surface area contributed by atoms with Crippen molar-refractivity contribution in [3.8, 4) is 0 Å². The van der Waals surface area contributed by atoms with Gasteiger partial charge in [-0.05, 0) is 38.0 Å². The molecule has 0 aromatic heterocycles. The molecule has 22 heavy (non-hydrogen) atoms. The van der Waals surface area contributed by atoms with Crippen molar-refractivity contribution in [1.29, 1.82) is 0 Å². The molecule has 1 N–H and O–H groups in total. The molecule has 0 amide bonds. The fourth-order valence-electron chi connectivity index (χ4n) is 2.88. The Labute approximate surface area is 141 Å². The number of rotatable bonds is 10. The predicted molar refractivity (Wildman–Crippen MR) is 94.9 cm³/mol. The van der Waals surface area contributed by atoms with Crippen molar-refractivity contribution in [3.63, 3.8) is 0 Å². The van der Waals surface area contributed by atoms with Crippen LogP contribution in [0.3, 0.4) is 0 Å². The number of halogens is 1. The predicted octanol–water partition coefficient (Wildman–Crippen LogP) is 4.35. The lowest BCUT2D eigenvalue weighted by Gasteiger charge is -2.32. The highest BCUT2D eigenvalue weighted by molar-refractivity contribution is 5.85. The Bertz CT molecular complexity index is 420. The molecule has 0 aliphatic rings. The maximum absolute atomic E-state index is 12.1. The molecule has 4 heteroatoms. The smallest absolute Gasteiger partial charge is 0.314 e. The van der Waals surface area contributed by atoms with Crippen molar-refractivity contribution >= 4 is 18.4 Å². The Morgan fingerprint density at radius 2 is 1.68 bits per heavy atom. The zero-order chi connectivity index (χ0) is 15.7. The van der Waals surface area contributed by atoms with E-state index in [0.29, 0.717) is 12.8 Å². The van der Waals surface area contributed by atoms with Crippen LogP contribution < -0.4 is 0 Å². The molecule has 1 aromatic rings. The monoisotopic (exact) mass is 327 g/mol. The first-order chi connectivity index (χ1) is 10.1. The van der Waals surface area contributed by atoms with E-state index in [9.17, 15) is 9.90 Å². The molecule has 0 radical (unpaired) electrons. The summed E-state index contributed by atoms with van der Waals surface area (Å²) in [6, 6.07) is 9.76. The second-order valence-corrected chi connectivity index (χ2v) is 5.63. The third-order valence-electron chi connectivity index (χ3n) is 4.44. The topological polar surface area (TPSA) is 40.5 Å². The average molecular weight is 328 g/mol. The van der Waals surface area contributed by atoms with Crippen LogP contribution in [0.4, 0.5) is 0 Å². The number of hydrogen-bond acceptors (Lipinski definition) is 2. The van der Waals surface area contributed by atoms with E-state index in [2.05, 4.69) is 25.7 Å². The Kier molecular flexibility index (Phi) is 10.1. The molecule has 126 valence electrons. The highest BCUT2D eigenvalue weighted by Crippen LogP contribution is 2.34. The molecule has 0 spiro atoms. The van der Waals surface area contributed by atoms with E-state index in [4.69, 9.17) is 0 Å². The van der Waals surface area contributed by atoms with Crippen LogP contribution >= 0.6 is 12.4 Å². The van der Waals surface area contributed by atoms with E-state index in [0.717, 1.165) is 38.0 Å². The van der Waals surface area contributed by atoms with Crippen LogP contribution in [0.2, 0.25) is 0 Å². The van der Waals surface area contributed by atoms with Crippen molar-refractivity contribution in [2.75, 3.05) is 19.6 Å². The Hall–Kier alpha value is -1.06. The fourth-order valence-corrected chi connectivity index (χ4v) is 2.88. The number of nitrogens with zero attached hydrogens (tertiary/aromatic N) is 1. The van der Waals surface area contributed by atoms with Crippen molar-refractivity contribution in [2.45, 2.75) is 51.9 Å². The van der Waals surface area contributed by atoms with Gasteiger partial charge in [-0.3, -0.25) is 4.79 Å². The minimum Gasteiger partial charge on any atom is -0.481 e. The van der Waals surface area contributed by atoms with Gasteiger partial charge in [0.25, 0.3) is 0 Å². The third-order valence-corrected chi connectivity index (χ3v) is 4.44. The SMILES string of the molecule is CCCCC(CCN(CC)CC)(C(=O)O)c1ccccc1.Cl. The maximum atomic E-state index is 12.1. The largest absolute Gasteiger partial charge is 0.481 e. The van der Waals surface area contributed by atoms with E-state index >= 15 is 0 Å². The quantitative estimate of drug-likeness (QED) is 0.694. The Morgan fingerprint density at radius 3 is 2.14 bits per heavy atom. The van der Waals surface area contributed by atoms with Gasteiger partial charge in [-0.1, -0.05) is 63.9 Å². The van der Waals surface area contributed by atoms with Gasteiger partial charge in [-0.15, -0.1) is 12.4 Å². The van der Waals surface area contributed by atoms with Gasteiger partial charge in [0, 0.05) is 0 Å². The Balaban J connectivity index is 0.00000441. The summed E-state index contributed by atoms with van der Waals surface area (Å²) in [5.74, 6) is -0.686. The minimum absolute atomic E-state index is 0. The molecule has 0 heterocycles. The van der Waals surface area contributed by atoms with E-state index < -0.39 is 11.4 Å². The second-order valence-electron chi connectivity index (χ2n) is 5.63. The molecule has 0 saturated carbocycles. The number of unbranched alkanes of at least 4 members (excludes halogenated alkanes) is 1. The van der Waals surface area contributed by atoms with Gasteiger partial charge >= 0.3 is 5.97 Å². The van der Waals surface area contributed by atoms with E-state index in [1.165, 1.54) is 0 Å². The molecule has 0 fully saturated rings. The summed E-state index contributed by atoms with van der Waals surface area (Å²) < 4.78 is 0. The van der Waals surface area contributed by atoms with Gasteiger partial charge in [-0.2, -0.15) is 0 Å². The number of carboxylic acid groups (broad SMARTS) is 1. The minimum atomic E-state index is -0.750. The summed E-state index contributed by atoms with van der Waals surface area (Å²) in [4.78, 5) is 14.4. The normalized spacial score (nSPS) is 13.5. The molecule has 1 aromatic carbocycles. The number of aliphatic carboxylic acids is 1. The van der Waals surface area contributed by atoms with Crippen LogP contribution in [0, 0.1) is 0 Å². The first-order valence-corrected chi connectivity index (χ1v) is 8.12. The van der Waals surface area contributed by atoms with Crippen molar-refractivity contribution in [1.82, 2.24) is 4.90 Å². The lowest BCUT2D eigenvalue weighted by atomic mass is 9.73. The van der Waals surface area contributed by atoms with Crippen molar-refractivity contribution < 1.29 is 9.90 Å². The molecule has 3 nitrogen and oxygen atoms in total. The molecule has 1 rings (SSSR count). The second kappa shape index (κ2) is 10.6. The summed E-state index contributed by atoms with van der Waals surface area (Å²) in [6.07, 6.45) is 3.35. The number of carboxylic acids is 1. The number of benzene rings is 1. The average Bonchev–Trinajstić information content (AvgIpc) is 2.52. The highest BCUT2D eigenvalue weighted by Gasteiger charge is 2.39. The van der Waals surface area contributed by atoms with Gasteiger partial charge < -0.3 is 10.0 Å². The van der Waals surface area contributed by atoms with Gasteiger partial charge in [-0.25, -0.2) is 0 Å². The number of carbonyl (C=O) groups is 1. The molecule has 0 aliphatic carbocycles. The van der Waals surface area contributed by atoms with Crippen LogP contribution in [0.25, 0.3) is 0 Å².